The molecule has 0 aliphatic heterocycles. The lowest BCUT2D eigenvalue weighted by atomic mass is 10.1. The van der Waals surface area contributed by atoms with Crippen molar-refractivity contribution in [3.63, 3.8) is 0 Å². The van der Waals surface area contributed by atoms with E-state index in [2.05, 4.69) is 15.6 Å². The van der Waals surface area contributed by atoms with Crippen molar-refractivity contribution in [2.45, 2.75) is 38.3 Å². The maximum atomic E-state index is 12.0. The number of carboxylic acid groups (broad SMARTS) is 1. The molecule has 0 bridgehead atoms. The van der Waals surface area contributed by atoms with Crippen LogP contribution >= 0.6 is 11.3 Å². The molecule has 2 amide bonds. The highest BCUT2D eigenvalue weighted by Crippen LogP contribution is 2.21. The van der Waals surface area contributed by atoms with Gasteiger partial charge in [0.25, 0.3) is 0 Å². The van der Waals surface area contributed by atoms with Gasteiger partial charge >= 0.3 is 12.0 Å². The number of carboxylic acids is 1. The van der Waals surface area contributed by atoms with Crippen LogP contribution in [0.2, 0.25) is 0 Å². The lowest BCUT2D eigenvalue weighted by molar-refractivity contribution is -0.139. The summed E-state index contributed by atoms with van der Waals surface area (Å²) in [6.45, 7) is 4.08. The summed E-state index contributed by atoms with van der Waals surface area (Å²) in [7, 11) is 1.55. The quantitative estimate of drug-likeness (QED) is 0.632. The first-order valence-electron chi connectivity index (χ1n) is 6.57. The lowest BCUT2D eigenvalue weighted by Gasteiger charge is -2.25. The average Bonchev–Trinajstić information content (AvgIpc) is 2.91. The monoisotopic (exact) mass is 315 g/mol. The number of rotatable bonds is 8. The number of ether oxygens (including phenoxy) is 1. The number of nitrogens with zero attached hydrogens (tertiary/aromatic N) is 1. The third-order valence-corrected chi connectivity index (χ3v) is 3.93. The smallest absolute Gasteiger partial charge is 0.326 e. The van der Waals surface area contributed by atoms with Crippen LogP contribution in [0.15, 0.2) is 11.6 Å². The summed E-state index contributed by atoms with van der Waals surface area (Å²) >= 11 is 1.43. The third kappa shape index (κ3) is 5.68. The Hall–Kier alpha value is -1.67. The van der Waals surface area contributed by atoms with Gasteiger partial charge < -0.3 is 20.5 Å². The normalized spacial score (nSPS) is 12.7. The van der Waals surface area contributed by atoms with Crippen LogP contribution in [0.1, 0.15) is 31.7 Å². The number of aromatic nitrogens is 1. The van der Waals surface area contributed by atoms with E-state index in [0.29, 0.717) is 19.4 Å². The minimum atomic E-state index is -1.06. The highest BCUT2D eigenvalue weighted by atomic mass is 32.1. The van der Waals surface area contributed by atoms with Crippen molar-refractivity contribution in [1.29, 1.82) is 0 Å². The van der Waals surface area contributed by atoms with Crippen LogP contribution in [-0.4, -0.2) is 41.8 Å². The highest BCUT2D eigenvalue weighted by Gasteiger charge is 2.27. The van der Waals surface area contributed by atoms with Gasteiger partial charge in [0.2, 0.25) is 0 Å². The van der Waals surface area contributed by atoms with Crippen LogP contribution in [-0.2, 0) is 15.1 Å². The van der Waals surface area contributed by atoms with Gasteiger partial charge in [0.1, 0.15) is 11.0 Å². The van der Waals surface area contributed by atoms with Crippen LogP contribution in [0.25, 0.3) is 0 Å². The molecule has 1 aromatic heterocycles. The molecule has 1 heterocycles. The molecule has 0 aromatic carbocycles. The van der Waals surface area contributed by atoms with E-state index in [0.717, 1.165) is 5.01 Å². The first kappa shape index (κ1) is 17.4. The van der Waals surface area contributed by atoms with E-state index in [-0.39, 0.29) is 0 Å². The van der Waals surface area contributed by atoms with E-state index >= 15 is 0 Å². The molecule has 1 aromatic rings. The van der Waals surface area contributed by atoms with Gasteiger partial charge in [-0.3, -0.25) is 0 Å². The van der Waals surface area contributed by atoms with Crippen molar-refractivity contribution in [3.05, 3.63) is 16.6 Å². The van der Waals surface area contributed by atoms with Crippen LogP contribution in [0.3, 0.4) is 0 Å². The number of aliphatic carboxylic acids is 1. The number of amides is 2. The molecule has 0 saturated heterocycles. The molecule has 7 nitrogen and oxygen atoms in total. The largest absolute Gasteiger partial charge is 0.480 e. The second kappa shape index (κ2) is 7.94. The Labute approximate surface area is 127 Å². The molecular weight excluding hydrogens is 294 g/mol. The van der Waals surface area contributed by atoms with Crippen molar-refractivity contribution in [3.8, 4) is 0 Å². The zero-order chi connectivity index (χ0) is 15.9. The van der Waals surface area contributed by atoms with Gasteiger partial charge in [-0.05, 0) is 26.7 Å². The van der Waals surface area contributed by atoms with Gasteiger partial charge in [-0.1, -0.05) is 0 Å². The van der Waals surface area contributed by atoms with Crippen LogP contribution in [0.5, 0.6) is 0 Å². The number of hydrogen-bond acceptors (Lipinski definition) is 5. The molecule has 0 radical (unpaired) electrons. The molecule has 1 unspecified atom stereocenters. The summed E-state index contributed by atoms with van der Waals surface area (Å²) in [5.74, 6) is -1.06. The van der Waals surface area contributed by atoms with E-state index in [1.165, 1.54) is 11.3 Å². The van der Waals surface area contributed by atoms with Gasteiger partial charge in [-0.15, -0.1) is 11.3 Å². The lowest BCUT2D eigenvalue weighted by Crippen LogP contribution is -2.51. The predicted octanol–water partition coefficient (Wildman–Crippen LogP) is 1.56. The highest BCUT2D eigenvalue weighted by molar-refractivity contribution is 7.09. The zero-order valence-electron chi connectivity index (χ0n) is 12.4. The summed E-state index contributed by atoms with van der Waals surface area (Å²) in [5, 5.41) is 16.9. The summed E-state index contributed by atoms with van der Waals surface area (Å²) in [5.41, 5.74) is -0.659. The van der Waals surface area contributed by atoms with Gasteiger partial charge in [0.15, 0.2) is 0 Å². The molecule has 118 valence electrons. The third-order valence-electron chi connectivity index (χ3n) is 2.84. The standard InChI is InChI=1S/C13H21N3O4S/c1-13(2,11-14-6-8-21-11)16-12(19)15-9(10(17)18)5-4-7-20-3/h6,8-9H,4-5,7H2,1-3H3,(H,17,18)(H2,15,16,19). The second-order valence-corrected chi connectivity index (χ2v) is 5.98. The number of carbonyl (C=O) groups excluding carboxylic acids is 1. The molecule has 1 atom stereocenters. The van der Waals surface area contributed by atoms with Crippen LogP contribution in [0.4, 0.5) is 4.79 Å². The molecule has 0 spiro atoms. The maximum Gasteiger partial charge on any atom is 0.326 e. The maximum absolute atomic E-state index is 12.0. The molecule has 21 heavy (non-hydrogen) atoms. The van der Waals surface area contributed by atoms with E-state index in [9.17, 15) is 9.59 Å². The summed E-state index contributed by atoms with van der Waals surface area (Å²) in [6.07, 6.45) is 2.53. The van der Waals surface area contributed by atoms with Crippen molar-refractivity contribution in [2.75, 3.05) is 13.7 Å². The number of nitrogens with one attached hydrogen (secondary N) is 2. The summed E-state index contributed by atoms with van der Waals surface area (Å²) in [6, 6.07) is -1.47. The topological polar surface area (TPSA) is 101 Å². The fourth-order valence-electron chi connectivity index (χ4n) is 1.75. The minimum Gasteiger partial charge on any atom is -0.480 e. The van der Waals surface area contributed by atoms with Gasteiger partial charge in [-0.25, -0.2) is 14.6 Å². The Morgan fingerprint density at radius 2 is 2.24 bits per heavy atom. The molecular formula is C13H21N3O4S. The summed E-state index contributed by atoms with van der Waals surface area (Å²) < 4.78 is 4.88. The summed E-state index contributed by atoms with van der Waals surface area (Å²) in [4.78, 5) is 27.3. The molecule has 8 heteroatoms. The van der Waals surface area contributed by atoms with Gasteiger partial charge in [0, 0.05) is 25.3 Å². The molecule has 0 saturated carbocycles. The van der Waals surface area contributed by atoms with Crippen molar-refractivity contribution < 1.29 is 19.4 Å². The Kier molecular flexibility index (Phi) is 6.57. The Balaban J connectivity index is 2.55. The first-order valence-corrected chi connectivity index (χ1v) is 7.45. The molecule has 0 aliphatic carbocycles. The zero-order valence-corrected chi connectivity index (χ0v) is 13.2. The number of urea groups is 1. The fourth-order valence-corrected chi connectivity index (χ4v) is 2.47. The number of hydrogen-bond donors (Lipinski definition) is 3. The first-order chi connectivity index (χ1) is 9.86. The van der Waals surface area contributed by atoms with Crippen LogP contribution in [0, 0.1) is 0 Å². The van der Waals surface area contributed by atoms with Crippen molar-refractivity contribution in [1.82, 2.24) is 15.6 Å². The van der Waals surface area contributed by atoms with E-state index in [1.807, 2.05) is 19.2 Å². The Morgan fingerprint density at radius 1 is 1.52 bits per heavy atom. The van der Waals surface area contributed by atoms with Gasteiger partial charge in [-0.2, -0.15) is 0 Å². The van der Waals surface area contributed by atoms with E-state index < -0.39 is 23.6 Å². The average molecular weight is 315 g/mol. The Bertz CT molecular complexity index is 462. The molecule has 3 N–H and O–H groups in total. The predicted molar refractivity (Wildman–Crippen MR) is 79.3 cm³/mol. The number of methoxy groups -OCH3 is 1. The van der Waals surface area contributed by atoms with Gasteiger partial charge in [0.05, 0.1) is 5.54 Å². The van der Waals surface area contributed by atoms with E-state index in [1.54, 1.807) is 13.3 Å². The van der Waals surface area contributed by atoms with E-state index in [4.69, 9.17) is 9.84 Å². The second-order valence-electron chi connectivity index (χ2n) is 5.09. The van der Waals surface area contributed by atoms with Crippen LogP contribution < -0.4 is 10.6 Å². The Morgan fingerprint density at radius 3 is 2.76 bits per heavy atom. The fraction of sp³-hybridized carbons (Fsp3) is 0.615. The molecule has 0 aliphatic rings. The molecule has 0 fully saturated rings. The van der Waals surface area contributed by atoms with Crippen molar-refractivity contribution in [2.24, 2.45) is 0 Å². The number of thiazole rings is 1. The SMILES string of the molecule is COCCCC(NC(=O)NC(C)(C)c1nccs1)C(=O)O. The number of carbonyl (C=O) groups is 2. The van der Waals surface area contributed by atoms with Crippen molar-refractivity contribution >= 4 is 23.3 Å². The minimum absolute atomic E-state index is 0.314. The molecule has 1 rings (SSSR count).